The molecule has 2 aliphatic carbocycles. The summed E-state index contributed by atoms with van der Waals surface area (Å²) in [5.74, 6) is -0.271. The molecule has 2 saturated carbocycles. The molecule has 3 heterocycles. The van der Waals surface area contributed by atoms with Gasteiger partial charge in [-0.3, -0.25) is 39.1 Å². The number of hydrogen-bond donors (Lipinski definition) is 2. The van der Waals surface area contributed by atoms with Crippen LogP contribution in [0.2, 0.25) is 0 Å². The predicted octanol–water partition coefficient (Wildman–Crippen LogP) is 5.36. The fourth-order valence-electron chi connectivity index (χ4n) is 11.0. The van der Waals surface area contributed by atoms with Gasteiger partial charge in [0, 0.05) is 98.8 Å². The van der Waals surface area contributed by atoms with Crippen LogP contribution in [0.1, 0.15) is 103 Å². The van der Waals surface area contributed by atoms with Crippen LogP contribution < -0.4 is 34.5 Å². The predicted molar refractivity (Wildman–Crippen MR) is 243 cm³/mol. The van der Waals surface area contributed by atoms with Crippen LogP contribution in [0.4, 0.5) is 5.69 Å². The van der Waals surface area contributed by atoms with Crippen LogP contribution in [0.25, 0.3) is 0 Å². The van der Waals surface area contributed by atoms with Gasteiger partial charge < -0.3 is 33.9 Å². The number of hydrogen-bond acceptors (Lipinski definition) is 13. The van der Waals surface area contributed by atoms with Crippen LogP contribution in [0.3, 0.4) is 0 Å². The number of nitrogens with zero attached hydrogens (tertiary/aromatic N) is 4. The maximum Gasteiger partial charge on any atom is 0.266 e. The first-order valence-corrected chi connectivity index (χ1v) is 22.8. The summed E-state index contributed by atoms with van der Waals surface area (Å²) in [6.07, 6.45) is 3.44. The molecule has 2 N–H and O–H groups in total. The summed E-state index contributed by atoms with van der Waals surface area (Å²) in [6.45, 7) is 12.6. The summed E-state index contributed by atoms with van der Waals surface area (Å²) in [5, 5.41) is 14.9. The Morgan fingerprint density at radius 3 is 2.18 bits per heavy atom. The second-order valence-corrected chi connectivity index (χ2v) is 19.3. The molecule has 1 unspecified atom stereocenters. The molecule has 350 valence electrons. The Kier molecular flexibility index (Phi) is 13.1. The Balaban J connectivity index is 0.817. The van der Waals surface area contributed by atoms with E-state index in [0.29, 0.717) is 46.9 Å². The number of ether oxygens (including phenoxy) is 5. The van der Waals surface area contributed by atoms with E-state index < -0.39 is 29.7 Å². The average Bonchev–Trinajstić information content (AvgIpc) is 3.54. The molecule has 5 amide bonds. The number of carbonyl (C=O) groups is 5. The van der Waals surface area contributed by atoms with E-state index in [2.05, 4.69) is 54.2 Å². The summed E-state index contributed by atoms with van der Waals surface area (Å²) in [5.41, 5.74) is 1.61. The molecule has 3 aromatic rings. The first kappa shape index (κ1) is 46.4. The van der Waals surface area contributed by atoms with Gasteiger partial charge in [0.1, 0.15) is 47.3 Å². The van der Waals surface area contributed by atoms with Crippen molar-refractivity contribution in [2.75, 3.05) is 59.0 Å². The highest BCUT2D eigenvalue weighted by Crippen LogP contribution is 2.56. The van der Waals surface area contributed by atoms with Gasteiger partial charge >= 0.3 is 0 Å². The number of anilines is 1. The van der Waals surface area contributed by atoms with Crippen molar-refractivity contribution in [1.82, 2.24) is 20.4 Å². The van der Waals surface area contributed by atoms with Crippen molar-refractivity contribution >= 4 is 35.2 Å². The summed E-state index contributed by atoms with van der Waals surface area (Å²) in [4.78, 5) is 70.7. The number of amides is 5. The zero-order valence-corrected chi connectivity index (χ0v) is 38.8. The number of fused-ring (bicyclic) bond motifs is 1. The highest BCUT2D eigenvalue weighted by molar-refractivity contribution is 6.24. The quantitative estimate of drug-likeness (QED) is 0.175. The number of piperidine rings is 2. The Hall–Kier alpha value is -6.18. The van der Waals surface area contributed by atoms with Crippen LogP contribution in [0, 0.1) is 28.1 Å². The highest BCUT2D eigenvalue weighted by Gasteiger charge is 2.64. The molecule has 0 spiro atoms. The molecular weight excluding hydrogens is 845 g/mol. The Bertz CT molecular complexity index is 2400. The molecule has 1 atom stereocenters. The largest absolute Gasteiger partial charge is 0.496 e. The molecule has 8 rings (SSSR count). The van der Waals surface area contributed by atoms with Gasteiger partial charge in [-0.05, 0) is 67.6 Å². The summed E-state index contributed by atoms with van der Waals surface area (Å²) < 4.78 is 29.2. The molecule has 0 aromatic heterocycles. The zero-order chi connectivity index (χ0) is 47.1. The number of methoxy groups -OCH3 is 3. The first-order valence-electron chi connectivity index (χ1n) is 22.8. The van der Waals surface area contributed by atoms with Crippen molar-refractivity contribution in [3.05, 3.63) is 76.9 Å². The van der Waals surface area contributed by atoms with E-state index in [0.717, 1.165) is 62.4 Å². The number of rotatable bonds is 16. The molecule has 2 saturated heterocycles. The van der Waals surface area contributed by atoms with E-state index in [4.69, 9.17) is 23.7 Å². The lowest BCUT2D eigenvalue weighted by molar-refractivity contribution is -0.164. The third kappa shape index (κ3) is 8.78. The van der Waals surface area contributed by atoms with E-state index in [1.54, 1.807) is 37.4 Å². The second kappa shape index (κ2) is 18.6. The van der Waals surface area contributed by atoms with Gasteiger partial charge in [-0.2, -0.15) is 5.26 Å². The van der Waals surface area contributed by atoms with E-state index in [1.807, 2.05) is 24.3 Å². The van der Waals surface area contributed by atoms with E-state index in [9.17, 15) is 29.2 Å². The Morgan fingerprint density at radius 2 is 1.55 bits per heavy atom. The van der Waals surface area contributed by atoms with Crippen molar-refractivity contribution in [3.63, 3.8) is 0 Å². The lowest BCUT2D eigenvalue weighted by atomic mass is 9.49. The minimum atomic E-state index is -1.07. The lowest BCUT2D eigenvalue weighted by Crippen LogP contribution is -2.74. The van der Waals surface area contributed by atoms with Crippen LogP contribution in [0.15, 0.2) is 54.6 Å². The fraction of sp³-hybridized carbons (Fsp3) is 0.520. The molecule has 4 fully saturated rings. The Morgan fingerprint density at radius 1 is 0.864 bits per heavy atom. The standard InChI is InChI=1S/C50H60N6O10/c1-49(2)47(50(3,4)48(49)66-34-13-10-31(27-51)39(25-34)63-6)53-43(58)30-8-11-32(12-9-30)54-18-16-29(17-19-54)28-55(20-21-62-5)33-22-35(23-33)65-36-24-37-42(40(26-36)64-7)46(61)56(45(37)60)38-14-15-41(57)52-44(38)59/h8-13,24-26,29,33,35,38,47-48H,14-23,28H2,1-7H3,(H,53,58)(H,52,57,59). The van der Waals surface area contributed by atoms with Gasteiger partial charge in [0.15, 0.2) is 0 Å². The van der Waals surface area contributed by atoms with E-state index >= 15 is 0 Å². The zero-order valence-electron chi connectivity index (χ0n) is 38.8. The third-order valence-corrected chi connectivity index (χ3v) is 14.4. The Labute approximate surface area is 385 Å². The smallest absolute Gasteiger partial charge is 0.266 e. The van der Waals surface area contributed by atoms with Crippen LogP contribution in [-0.4, -0.2) is 124 Å². The average molecular weight is 905 g/mol. The second-order valence-electron chi connectivity index (χ2n) is 19.3. The minimum Gasteiger partial charge on any atom is -0.496 e. The molecule has 66 heavy (non-hydrogen) atoms. The molecule has 16 heteroatoms. The van der Waals surface area contributed by atoms with Gasteiger partial charge in [0.05, 0.1) is 37.5 Å². The summed E-state index contributed by atoms with van der Waals surface area (Å²) >= 11 is 0. The summed E-state index contributed by atoms with van der Waals surface area (Å²) in [6, 6.07) is 17.5. The molecule has 3 aliphatic heterocycles. The van der Waals surface area contributed by atoms with Crippen molar-refractivity contribution in [1.29, 1.82) is 5.26 Å². The van der Waals surface area contributed by atoms with Gasteiger partial charge in [0.2, 0.25) is 11.8 Å². The van der Waals surface area contributed by atoms with Gasteiger partial charge in [0.25, 0.3) is 17.7 Å². The number of nitriles is 1. The molecular formula is C50H60N6O10. The molecule has 0 radical (unpaired) electrons. The topological polar surface area (TPSA) is 189 Å². The maximum absolute atomic E-state index is 13.6. The van der Waals surface area contributed by atoms with E-state index in [1.165, 1.54) is 14.2 Å². The van der Waals surface area contributed by atoms with Gasteiger partial charge in [-0.15, -0.1) is 0 Å². The van der Waals surface area contributed by atoms with Gasteiger partial charge in [-0.1, -0.05) is 27.7 Å². The summed E-state index contributed by atoms with van der Waals surface area (Å²) in [7, 11) is 4.66. The number of imide groups is 2. The van der Waals surface area contributed by atoms with Crippen LogP contribution >= 0.6 is 0 Å². The highest BCUT2D eigenvalue weighted by atomic mass is 16.5. The normalized spacial score (nSPS) is 24.4. The molecule has 5 aliphatic rings. The number of benzene rings is 3. The monoisotopic (exact) mass is 904 g/mol. The number of carbonyl (C=O) groups excluding carboxylic acids is 5. The molecule has 3 aromatic carbocycles. The molecule has 16 nitrogen and oxygen atoms in total. The van der Waals surface area contributed by atoms with E-state index in [-0.39, 0.29) is 64.7 Å². The maximum atomic E-state index is 13.6. The number of nitrogens with one attached hydrogen (secondary N) is 2. The first-order chi connectivity index (χ1) is 31.6. The van der Waals surface area contributed by atoms with Crippen LogP contribution in [0.5, 0.6) is 23.0 Å². The van der Waals surface area contributed by atoms with Crippen molar-refractivity contribution in [2.24, 2.45) is 16.7 Å². The van der Waals surface area contributed by atoms with Crippen molar-refractivity contribution in [2.45, 2.75) is 96.6 Å². The fourth-order valence-corrected chi connectivity index (χ4v) is 11.0. The van der Waals surface area contributed by atoms with Crippen LogP contribution in [-0.2, 0) is 14.3 Å². The minimum absolute atomic E-state index is 0.0376. The molecule has 0 bridgehead atoms. The van der Waals surface area contributed by atoms with Crippen molar-refractivity contribution in [3.8, 4) is 29.1 Å². The lowest BCUT2D eigenvalue weighted by Gasteiger charge is -2.63. The third-order valence-electron chi connectivity index (χ3n) is 14.4. The van der Waals surface area contributed by atoms with Gasteiger partial charge in [-0.25, -0.2) is 0 Å². The SMILES string of the molecule is COCCN(CC1CCN(c2ccc(C(=O)NC3C(C)(C)C(Oc4ccc(C#N)c(OC)c4)C3(C)C)cc2)CC1)C1CC(Oc2cc(OC)c3c(c2)C(=O)N(C2CCC(=O)NC2=O)C3=O)C1. The van der Waals surface area contributed by atoms with Crippen molar-refractivity contribution < 1.29 is 47.7 Å².